The lowest BCUT2D eigenvalue weighted by Crippen LogP contribution is -2.17. The van der Waals surface area contributed by atoms with Crippen LogP contribution in [0.3, 0.4) is 0 Å². The maximum Gasteiger partial charge on any atom is 0.360 e. The van der Waals surface area contributed by atoms with E-state index in [4.69, 9.17) is 19.4 Å². The highest BCUT2D eigenvalue weighted by Gasteiger charge is 2.13. The summed E-state index contributed by atoms with van der Waals surface area (Å²) in [7, 11) is 1.47. The summed E-state index contributed by atoms with van der Waals surface area (Å²) in [5, 5.41) is 20.3. The number of methoxy groups -OCH3 is 1. The Morgan fingerprint density at radius 1 is 1.27 bits per heavy atom. The Morgan fingerprint density at radius 2 is 2.00 bits per heavy atom. The van der Waals surface area contributed by atoms with Crippen LogP contribution in [0.4, 0.5) is 5.69 Å². The first-order valence-electron chi connectivity index (χ1n) is 5.97. The number of carboxylic acid groups (broad SMARTS) is 2. The van der Waals surface area contributed by atoms with Crippen LogP contribution in [0.15, 0.2) is 45.3 Å². The molecule has 0 amide bonds. The van der Waals surface area contributed by atoms with E-state index < -0.39 is 23.3 Å². The lowest BCUT2D eigenvalue weighted by atomic mass is 10.2. The molecule has 0 radical (unpaired) electrons. The van der Waals surface area contributed by atoms with Crippen molar-refractivity contribution >= 4 is 28.6 Å². The molecule has 2 aromatic rings. The summed E-state index contributed by atoms with van der Waals surface area (Å²) in [5.74, 6) is -2.46. The third-order valence-electron chi connectivity index (χ3n) is 2.71. The second-order valence-electron chi connectivity index (χ2n) is 4.18. The van der Waals surface area contributed by atoms with Gasteiger partial charge in [0.2, 0.25) is 0 Å². The lowest BCUT2D eigenvalue weighted by Gasteiger charge is -2.07. The third-order valence-corrected chi connectivity index (χ3v) is 2.71. The second kappa shape index (κ2) is 6.00. The van der Waals surface area contributed by atoms with Gasteiger partial charge < -0.3 is 24.7 Å². The second-order valence-corrected chi connectivity index (χ2v) is 4.18. The van der Waals surface area contributed by atoms with E-state index in [9.17, 15) is 14.4 Å². The number of carbonyl (C=O) groups is 2. The van der Waals surface area contributed by atoms with Gasteiger partial charge in [-0.25, -0.2) is 14.4 Å². The molecule has 0 spiro atoms. The number of nitrogens with one attached hydrogen (secondary N) is 1. The van der Waals surface area contributed by atoms with Crippen molar-refractivity contribution in [1.29, 1.82) is 0 Å². The van der Waals surface area contributed by atoms with Crippen LogP contribution in [0.2, 0.25) is 0 Å². The predicted molar refractivity (Wildman–Crippen MR) is 76.0 cm³/mol. The SMILES string of the molecule is COc1ccc2oc(=O)c(N/C(=C\C(=O)O)C(=O)O)cc2c1. The molecule has 0 saturated heterocycles. The van der Waals surface area contributed by atoms with Crippen molar-refractivity contribution in [2.24, 2.45) is 0 Å². The molecule has 1 heterocycles. The zero-order valence-corrected chi connectivity index (χ0v) is 11.3. The van der Waals surface area contributed by atoms with Crippen LogP contribution in [-0.2, 0) is 9.59 Å². The molecule has 0 bridgehead atoms. The number of rotatable bonds is 5. The van der Waals surface area contributed by atoms with Gasteiger partial charge in [0.1, 0.15) is 22.7 Å². The number of benzene rings is 1. The van der Waals surface area contributed by atoms with E-state index >= 15 is 0 Å². The van der Waals surface area contributed by atoms with Gasteiger partial charge in [0.25, 0.3) is 0 Å². The van der Waals surface area contributed by atoms with Gasteiger partial charge in [-0.1, -0.05) is 0 Å². The molecule has 0 saturated carbocycles. The van der Waals surface area contributed by atoms with Crippen molar-refractivity contribution in [3.05, 3.63) is 46.5 Å². The van der Waals surface area contributed by atoms with E-state index in [2.05, 4.69) is 5.32 Å². The lowest BCUT2D eigenvalue weighted by molar-refractivity contribution is -0.134. The molecule has 22 heavy (non-hydrogen) atoms. The van der Waals surface area contributed by atoms with Crippen LogP contribution in [0, 0.1) is 0 Å². The fraction of sp³-hybridized carbons (Fsp3) is 0.0714. The van der Waals surface area contributed by atoms with Crippen molar-refractivity contribution in [3.8, 4) is 5.75 Å². The summed E-state index contributed by atoms with van der Waals surface area (Å²) < 4.78 is 10.1. The molecule has 0 aliphatic rings. The molecule has 8 nitrogen and oxygen atoms in total. The summed E-state index contributed by atoms with van der Waals surface area (Å²) in [6.45, 7) is 0. The van der Waals surface area contributed by atoms with Gasteiger partial charge in [-0.3, -0.25) is 0 Å². The molecule has 0 atom stereocenters. The summed E-state index contributed by atoms with van der Waals surface area (Å²) in [6.07, 6.45) is 0.442. The van der Waals surface area contributed by atoms with E-state index in [1.54, 1.807) is 12.1 Å². The molecule has 3 N–H and O–H groups in total. The highest BCUT2D eigenvalue weighted by Crippen LogP contribution is 2.22. The molecule has 114 valence electrons. The third kappa shape index (κ3) is 3.23. The van der Waals surface area contributed by atoms with Gasteiger partial charge in [0, 0.05) is 5.39 Å². The molecule has 0 fully saturated rings. The number of hydrogen-bond acceptors (Lipinski definition) is 6. The zero-order chi connectivity index (χ0) is 16.3. The fourth-order valence-corrected chi connectivity index (χ4v) is 1.74. The minimum absolute atomic E-state index is 0.198. The average molecular weight is 305 g/mol. The summed E-state index contributed by atoms with van der Waals surface area (Å²) in [4.78, 5) is 33.4. The highest BCUT2D eigenvalue weighted by molar-refractivity contribution is 5.97. The van der Waals surface area contributed by atoms with Crippen molar-refractivity contribution in [1.82, 2.24) is 0 Å². The molecule has 8 heteroatoms. The molecular formula is C14H11NO7. The Balaban J connectivity index is 2.50. The molecule has 2 rings (SSSR count). The number of fused-ring (bicyclic) bond motifs is 1. The number of aliphatic carboxylic acids is 2. The predicted octanol–water partition coefficient (Wildman–Crippen LogP) is 1.27. The van der Waals surface area contributed by atoms with Crippen LogP contribution in [0.25, 0.3) is 11.0 Å². The normalized spacial score (nSPS) is 11.2. The van der Waals surface area contributed by atoms with Gasteiger partial charge >= 0.3 is 17.6 Å². The quantitative estimate of drug-likeness (QED) is 0.557. The van der Waals surface area contributed by atoms with Crippen LogP contribution < -0.4 is 15.7 Å². The number of ether oxygens (including phenoxy) is 1. The van der Waals surface area contributed by atoms with Gasteiger partial charge in [-0.15, -0.1) is 0 Å². The Kier molecular flexibility index (Phi) is 4.12. The Morgan fingerprint density at radius 3 is 2.59 bits per heavy atom. The average Bonchev–Trinajstić information content (AvgIpc) is 2.46. The largest absolute Gasteiger partial charge is 0.497 e. The number of anilines is 1. The van der Waals surface area contributed by atoms with E-state index in [0.29, 0.717) is 17.2 Å². The van der Waals surface area contributed by atoms with Gasteiger partial charge in [-0.05, 0) is 24.3 Å². The Hall–Kier alpha value is -3.29. The minimum atomic E-state index is -1.52. The molecule has 1 aromatic carbocycles. The van der Waals surface area contributed by atoms with E-state index in [-0.39, 0.29) is 11.3 Å². The topological polar surface area (TPSA) is 126 Å². The van der Waals surface area contributed by atoms with Gasteiger partial charge in [0.15, 0.2) is 0 Å². The summed E-state index contributed by atoms with van der Waals surface area (Å²) in [6, 6.07) is 6.07. The minimum Gasteiger partial charge on any atom is -0.497 e. The first kappa shape index (κ1) is 15.1. The van der Waals surface area contributed by atoms with Crippen molar-refractivity contribution < 1.29 is 29.0 Å². The standard InChI is InChI=1S/C14H11NO7/c1-21-8-2-3-11-7(4-8)5-10(14(20)22-11)15-9(13(18)19)6-12(16)17/h2-6,15H,1H3,(H,16,17)(H,18,19)/b9-6-. The van der Waals surface area contributed by atoms with Gasteiger partial charge in [0.05, 0.1) is 13.2 Å². The van der Waals surface area contributed by atoms with E-state index in [1.165, 1.54) is 19.2 Å². The van der Waals surface area contributed by atoms with Crippen LogP contribution in [-0.4, -0.2) is 29.3 Å². The van der Waals surface area contributed by atoms with Crippen LogP contribution in [0.5, 0.6) is 5.75 Å². The van der Waals surface area contributed by atoms with Crippen molar-refractivity contribution in [2.75, 3.05) is 12.4 Å². The van der Waals surface area contributed by atoms with Crippen LogP contribution >= 0.6 is 0 Å². The first-order valence-corrected chi connectivity index (χ1v) is 5.97. The monoisotopic (exact) mass is 305 g/mol. The fourth-order valence-electron chi connectivity index (χ4n) is 1.74. The molecule has 1 aromatic heterocycles. The van der Waals surface area contributed by atoms with Crippen LogP contribution in [0.1, 0.15) is 0 Å². The zero-order valence-electron chi connectivity index (χ0n) is 11.3. The smallest absolute Gasteiger partial charge is 0.360 e. The molecule has 0 unspecified atom stereocenters. The molecular weight excluding hydrogens is 294 g/mol. The summed E-state index contributed by atoms with van der Waals surface area (Å²) in [5.41, 5.74) is -1.40. The maximum atomic E-state index is 11.8. The van der Waals surface area contributed by atoms with E-state index in [1.807, 2.05) is 0 Å². The highest BCUT2D eigenvalue weighted by atomic mass is 16.5. The maximum absolute atomic E-state index is 11.8. The Bertz CT molecular complexity index is 835. The number of carboxylic acids is 2. The van der Waals surface area contributed by atoms with Crippen molar-refractivity contribution in [3.63, 3.8) is 0 Å². The first-order chi connectivity index (χ1) is 10.4. The molecule has 0 aliphatic carbocycles. The van der Waals surface area contributed by atoms with Gasteiger partial charge in [-0.2, -0.15) is 0 Å². The number of hydrogen-bond donors (Lipinski definition) is 3. The van der Waals surface area contributed by atoms with Crippen molar-refractivity contribution in [2.45, 2.75) is 0 Å². The van der Waals surface area contributed by atoms with E-state index in [0.717, 1.165) is 0 Å². The molecule has 0 aliphatic heterocycles. The summed E-state index contributed by atoms with van der Waals surface area (Å²) >= 11 is 0. The Labute approximate surface area is 123 Å².